The number of ether oxygens (including phenoxy) is 1. The van der Waals surface area contributed by atoms with Gasteiger partial charge in [-0.25, -0.2) is 4.79 Å². The molecule has 6 nitrogen and oxygen atoms in total. The van der Waals surface area contributed by atoms with Gasteiger partial charge in [-0.2, -0.15) is 0 Å². The molecule has 0 aliphatic carbocycles. The van der Waals surface area contributed by atoms with Crippen LogP contribution >= 0.6 is 0 Å². The molecule has 0 aliphatic rings. The molecule has 0 bridgehead atoms. The number of hydrogen-bond acceptors (Lipinski definition) is 5. The average molecular weight is 385 g/mol. The SMILES string of the molecule is CCC(OC(=O)c1cccc2nccnc12)C(=O)Nc1ccc2ccccc2c1. The first-order valence-corrected chi connectivity index (χ1v) is 9.36. The maximum Gasteiger partial charge on any atom is 0.341 e. The highest BCUT2D eigenvalue weighted by Gasteiger charge is 2.23. The number of hydrogen-bond donors (Lipinski definition) is 1. The van der Waals surface area contributed by atoms with Crippen LogP contribution in [-0.2, 0) is 9.53 Å². The molecule has 3 aromatic carbocycles. The van der Waals surface area contributed by atoms with Gasteiger partial charge in [-0.3, -0.25) is 14.8 Å². The zero-order valence-corrected chi connectivity index (χ0v) is 15.8. The molecule has 1 aromatic heterocycles. The van der Waals surface area contributed by atoms with E-state index in [4.69, 9.17) is 4.74 Å². The van der Waals surface area contributed by atoms with Crippen molar-refractivity contribution in [3.8, 4) is 0 Å². The summed E-state index contributed by atoms with van der Waals surface area (Å²) in [5, 5.41) is 4.94. The van der Waals surface area contributed by atoms with Crippen molar-refractivity contribution in [1.29, 1.82) is 0 Å². The summed E-state index contributed by atoms with van der Waals surface area (Å²) < 4.78 is 5.50. The van der Waals surface area contributed by atoms with E-state index in [9.17, 15) is 9.59 Å². The van der Waals surface area contributed by atoms with Gasteiger partial charge in [0, 0.05) is 18.1 Å². The van der Waals surface area contributed by atoms with Crippen LogP contribution < -0.4 is 5.32 Å². The fourth-order valence-electron chi connectivity index (χ4n) is 3.16. The van der Waals surface area contributed by atoms with Crippen molar-refractivity contribution < 1.29 is 14.3 Å². The third-order valence-corrected chi connectivity index (χ3v) is 4.65. The Morgan fingerprint density at radius 3 is 2.59 bits per heavy atom. The standard InChI is InChI=1S/C23H19N3O3/c1-2-20(22(27)26-17-11-10-15-6-3-4-7-16(15)14-17)29-23(28)18-8-5-9-19-21(18)25-13-12-24-19/h3-14,20H,2H2,1H3,(H,26,27). The molecule has 1 unspecified atom stereocenters. The normalized spacial score (nSPS) is 11.9. The van der Waals surface area contributed by atoms with E-state index in [0.717, 1.165) is 10.8 Å². The summed E-state index contributed by atoms with van der Waals surface area (Å²) >= 11 is 0. The lowest BCUT2D eigenvalue weighted by atomic mass is 10.1. The number of carbonyl (C=O) groups excluding carboxylic acids is 2. The fourth-order valence-corrected chi connectivity index (χ4v) is 3.16. The summed E-state index contributed by atoms with van der Waals surface area (Å²) in [5.74, 6) is -0.973. The number of nitrogens with one attached hydrogen (secondary N) is 1. The summed E-state index contributed by atoms with van der Waals surface area (Å²) in [6, 6.07) is 18.6. The molecule has 0 saturated carbocycles. The maximum absolute atomic E-state index is 12.7. The molecule has 29 heavy (non-hydrogen) atoms. The Morgan fingerprint density at radius 1 is 0.966 bits per heavy atom. The van der Waals surface area contributed by atoms with Gasteiger partial charge >= 0.3 is 5.97 Å². The van der Waals surface area contributed by atoms with Gasteiger partial charge in [0.15, 0.2) is 6.10 Å². The molecule has 144 valence electrons. The minimum atomic E-state index is -0.916. The lowest BCUT2D eigenvalue weighted by Gasteiger charge is -2.16. The van der Waals surface area contributed by atoms with E-state index in [1.807, 2.05) is 42.5 Å². The largest absolute Gasteiger partial charge is 0.449 e. The number of nitrogens with zero attached hydrogens (tertiary/aromatic N) is 2. The first kappa shape index (κ1) is 18.6. The highest BCUT2D eigenvalue weighted by molar-refractivity contribution is 6.03. The molecule has 0 spiro atoms. The van der Waals surface area contributed by atoms with Crippen LogP contribution in [0, 0.1) is 0 Å². The highest BCUT2D eigenvalue weighted by atomic mass is 16.5. The van der Waals surface area contributed by atoms with Gasteiger partial charge in [-0.05, 0) is 41.5 Å². The zero-order valence-electron chi connectivity index (χ0n) is 15.8. The number of esters is 1. The quantitative estimate of drug-likeness (QED) is 0.516. The van der Waals surface area contributed by atoms with Gasteiger partial charge in [0.1, 0.15) is 5.52 Å². The van der Waals surface area contributed by atoms with E-state index in [1.165, 1.54) is 6.20 Å². The van der Waals surface area contributed by atoms with E-state index in [1.54, 1.807) is 31.3 Å². The maximum atomic E-state index is 12.7. The van der Waals surface area contributed by atoms with Gasteiger partial charge in [-0.15, -0.1) is 0 Å². The van der Waals surface area contributed by atoms with E-state index in [2.05, 4.69) is 15.3 Å². The molecule has 1 atom stereocenters. The summed E-state index contributed by atoms with van der Waals surface area (Å²) in [4.78, 5) is 33.8. The average Bonchev–Trinajstić information content (AvgIpc) is 2.76. The van der Waals surface area contributed by atoms with Gasteiger partial charge in [0.2, 0.25) is 0 Å². The molecule has 6 heteroatoms. The van der Waals surface area contributed by atoms with Crippen molar-refractivity contribution in [2.45, 2.75) is 19.4 Å². The third-order valence-electron chi connectivity index (χ3n) is 4.65. The van der Waals surface area contributed by atoms with Gasteiger partial charge in [-0.1, -0.05) is 43.3 Å². The van der Waals surface area contributed by atoms with Crippen LogP contribution in [-0.4, -0.2) is 27.9 Å². The Balaban J connectivity index is 1.51. The van der Waals surface area contributed by atoms with Crippen LogP contribution in [0.15, 0.2) is 73.1 Å². The van der Waals surface area contributed by atoms with Crippen molar-refractivity contribution in [3.05, 3.63) is 78.6 Å². The zero-order chi connectivity index (χ0) is 20.2. The summed E-state index contributed by atoms with van der Waals surface area (Å²) in [6.45, 7) is 1.79. The molecule has 1 heterocycles. The Hall–Kier alpha value is -3.80. The molecule has 4 rings (SSSR count). The second-order valence-corrected chi connectivity index (χ2v) is 6.58. The lowest BCUT2D eigenvalue weighted by Crippen LogP contribution is -2.32. The number of carbonyl (C=O) groups is 2. The molecule has 0 fully saturated rings. The Morgan fingerprint density at radius 2 is 1.76 bits per heavy atom. The molecule has 0 saturated heterocycles. The van der Waals surface area contributed by atoms with Gasteiger partial charge in [0.25, 0.3) is 5.91 Å². The number of amides is 1. The number of aromatic nitrogens is 2. The molecule has 1 amide bonds. The van der Waals surface area contributed by atoms with Crippen molar-refractivity contribution in [1.82, 2.24) is 9.97 Å². The number of para-hydroxylation sites is 1. The van der Waals surface area contributed by atoms with Gasteiger partial charge in [0.05, 0.1) is 11.1 Å². The van der Waals surface area contributed by atoms with Crippen LogP contribution in [0.3, 0.4) is 0 Å². The number of benzene rings is 3. The topological polar surface area (TPSA) is 81.2 Å². The van der Waals surface area contributed by atoms with E-state index in [-0.39, 0.29) is 11.5 Å². The minimum Gasteiger partial charge on any atom is -0.449 e. The Labute approximate surface area is 167 Å². The van der Waals surface area contributed by atoms with Crippen LogP contribution in [0.2, 0.25) is 0 Å². The first-order chi connectivity index (χ1) is 14.2. The van der Waals surface area contributed by atoms with Crippen LogP contribution in [0.1, 0.15) is 23.7 Å². The Bertz CT molecular complexity index is 1200. The molecule has 1 N–H and O–H groups in total. The molecular weight excluding hydrogens is 366 g/mol. The van der Waals surface area contributed by atoms with Gasteiger partial charge < -0.3 is 10.1 Å². The molecule has 4 aromatic rings. The predicted octanol–water partition coefficient (Wildman–Crippen LogP) is 4.36. The summed E-state index contributed by atoms with van der Waals surface area (Å²) in [5.41, 5.74) is 1.98. The smallest absolute Gasteiger partial charge is 0.341 e. The minimum absolute atomic E-state index is 0.285. The predicted molar refractivity (Wildman–Crippen MR) is 112 cm³/mol. The van der Waals surface area contributed by atoms with E-state index in [0.29, 0.717) is 23.1 Å². The molecule has 0 radical (unpaired) electrons. The number of rotatable bonds is 5. The van der Waals surface area contributed by atoms with E-state index < -0.39 is 12.1 Å². The Kier molecular flexibility index (Phi) is 5.16. The molecule has 0 aliphatic heterocycles. The molecular formula is C23H19N3O3. The second-order valence-electron chi connectivity index (χ2n) is 6.58. The van der Waals surface area contributed by atoms with Crippen molar-refractivity contribution in [2.75, 3.05) is 5.32 Å². The summed E-state index contributed by atoms with van der Waals surface area (Å²) in [7, 11) is 0. The van der Waals surface area contributed by atoms with Crippen molar-refractivity contribution in [3.63, 3.8) is 0 Å². The van der Waals surface area contributed by atoms with Crippen molar-refractivity contribution in [2.24, 2.45) is 0 Å². The fraction of sp³-hybridized carbons (Fsp3) is 0.130. The number of fused-ring (bicyclic) bond motifs is 2. The second kappa shape index (κ2) is 8.06. The van der Waals surface area contributed by atoms with Crippen LogP contribution in [0.5, 0.6) is 0 Å². The summed E-state index contributed by atoms with van der Waals surface area (Å²) in [6.07, 6.45) is 2.51. The number of anilines is 1. The lowest BCUT2D eigenvalue weighted by molar-refractivity contribution is -0.124. The van der Waals surface area contributed by atoms with E-state index >= 15 is 0 Å². The van der Waals surface area contributed by atoms with Crippen molar-refractivity contribution >= 4 is 39.4 Å². The van der Waals surface area contributed by atoms with Crippen LogP contribution in [0.4, 0.5) is 5.69 Å². The monoisotopic (exact) mass is 385 g/mol. The highest BCUT2D eigenvalue weighted by Crippen LogP contribution is 2.20. The first-order valence-electron chi connectivity index (χ1n) is 9.36. The third kappa shape index (κ3) is 3.91. The van der Waals surface area contributed by atoms with Crippen LogP contribution in [0.25, 0.3) is 21.8 Å².